The molecule has 1 saturated carbocycles. The van der Waals surface area contributed by atoms with E-state index in [0.29, 0.717) is 6.04 Å². The van der Waals surface area contributed by atoms with Crippen molar-refractivity contribution in [3.8, 4) is 0 Å². The van der Waals surface area contributed by atoms with Crippen molar-refractivity contribution >= 4 is 10.9 Å². The molecule has 0 unspecified atom stereocenters. The van der Waals surface area contributed by atoms with Gasteiger partial charge in [-0.3, -0.25) is 0 Å². The van der Waals surface area contributed by atoms with Crippen molar-refractivity contribution in [1.29, 1.82) is 0 Å². The van der Waals surface area contributed by atoms with Gasteiger partial charge in [0.1, 0.15) is 0 Å². The molecule has 0 radical (unpaired) electrons. The molecule has 4 rings (SSSR count). The summed E-state index contributed by atoms with van der Waals surface area (Å²) < 4.78 is 0. The minimum Gasteiger partial charge on any atom is -0.361 e. The number of likely N-dealkylation sites (tertiary alicyclic amines) is 1. The third-order valence-corrected chi connectivity index (χ3v) is 4.81. The number of aromatic nitrogens is 1. The molecule has 1 aliphatic heterocycles. The summed E-state index contributed by atoms with van der Waals surface area (Å²) in [6, 6.07) is 10.5. The van der Waals surface area contributed by atoms with Crippen LogP contribution in [0.15, 0.2) is 30.5 Å². The maximum Gasteiger partial charge on any atom is 0.0457 e. The molecule has 2 N–H and O–H groups in total. The van der Waals surface area contributed by atoms with Crippen molar-refractivity contribution in [2.75, 3.05) is 13.1 Å². The molecule has 2 aromatic rings. The quantitative estimate of drug-likeness (QED) is 0.894. The maximum atomic E-state index is 3.73. The van der Waals surface area contributed by atoms with Gasteiger partial charge >= 0.3 is 0 Å². The Morgan fingerprint density at radius 2 is 1.95 bits per heavy atom. The first-order valence-electron chi connectivity index (χ1n) is 7.92. The average molecular weight is 269 g/mol. The van der Waals surface area contributed by atoms with E-state index in [0.717, 1.165) is 12.6 Å². The van der Waals surface area contributed by atoms with Crippen LogP contribution in [0, 0.1) is 0 Å². The first kappa shape index (κ1) is 12.4. The zero-order chi connectivity index (χ0) is 13.4. The molecule has 1 aromatic carbocycles. The second-order valence-corrected chi connectivity index (χ2v) is 6.32. The highest BCUT2D eigenvalue weighted by molar-refractivity contribution is 5.79. The number of rotatable bonds is 4. The van der Waals surface area contributed by atoms with Crippen molar-refractivity contribution in [3.05, 3.63) is 36.0 Å². The lowest BCUT2D eigenvalue weighted by molar-refractivity contribution is 0.189. The Morgan fingerprint density at radius 3 is 2.75 bits per heavy atom. The minimum atomic E-state index is 0.698. The Morgan fingerprint density at radius 1 is 1.10 bits per heavy atom. The van der Waals surface area contributed by atoms with Gasteiger partial charge in [-0.2, -0.15) is 0 Å². The fourth-order valence-electron chi connectivity index (χ4n) is 3.38. The average Bonchev–Trinajstić information content (AvgIpc) is 3.23. The summed E-state index contributed by atoms with van der Waals surface area (Å²) >= 11 is 0. The third kappa shape index (κ3) is 2.60. The van der Waals surface area contributed by atoms with Gasteiger partial charge in [-0.15, -0.1) is 0 Å². The van der Waals surface area contributed by atoms with Crippen LogP contribution in [0.3, 0.4) is 0 Å². The molecule has 1 aromatic heterocycles. The van der Waals surface area contributed by atoms with Gasteiger partial charge in [0.2, 0.25) is 0 Å². The van der Waals surface area contributed by atoms with Crippen molar-refractivity contribution in [3.63, 3.8) is 0 Å². The van der Waals surface area contributed by atoms with Gasteiger partial charge < -0.3 is 15.2 Å². The molecule has 2 heterocycles. The highest BCUT2D eigenvalue weighted by Crippen LogP contribution is 2.29. The van der Waals surface area contributed by atoms with Crippen LogP contribution < -0.4 is 5.32 Å². The monoisotopic (exact) mass is 269 g/mol. The Hall–Kier alpha value is -1.32. The van der Waals surface area contributed by atoms with Crippen LogP contribution in [-0.4, -0.2) is 35.1 Å². The lowest BCUT2D eigenvalue weighted by atomic mass is 10.0. The summed E-state index contributed by atoms with van der Waals surface area (Å²) in [5.41, 5.74) is 2.62. The summed E-state index contributed by atoms with van der Waals surface area (Å²) in [5, 5.41) is 5.03. The third-order valence-electron chi connectivity index (χ3n) is 4.81. The summed E-state index contributed by atoms with van der Waals surface area (Å²) in [4.78, 5) is 5.97. The SMILES string of the molecule is c1cc2ccc(CNC3CCN(C4CC4)CC3)cc2[nH]1. The topological polar surface area (TPSA) is 31.1 Å². The summed E-state index contributed by atoms with van der Waals surface area (Å²) in [6.07, 6.45) is 7.50. The van der Waals surface area contributed by atoms with Gasteiger partial charge in [-0.1, -0.05) is 12.1 Å². The molecule has 3 heteroatoms. The molecule has 2 aliphatic rings. The summed E-state index contributed by atoms with van der Waals surface area (Å²) in [7, 11) is 0. The number of piperidine rings is 1. The van der Waals surface area contributed by atoms with E-state index in [-0.39, 0.29) is 0 Å². The lowest BCUT2D eigenvalue weighted by Crippen LogP contribution is -2.43. The van der Waals surface area contributed by atoms with E-state index in [2.05, 4.69) is 39.5 Å². The number of hydrogen-bond donors (Lipinski definition) is 2. The predicted molar refractivity (Wildman–Crippen MR) is 82.8 cm³/mol. The summed E-state index contributed by atoms with van der Waals surface area (Å²) in [6.45, 7) is 3.57. The molecule has 0 atom stereocenters. The number of benzene rings is 1. The van der Waals surface area contributed by atoms with Gasteiger partial charge in [0.15, 0.2) is 0 Å². The van der Waals surface area contributed by atoms with Crippen LogP contribution in [0.25, 0.3) is 10.9 Å². The van der Waals surface area contributed by atoms with Crippen molar-refractivity contribution in [2.45, 2.75) is 44.3 Å². The molecule has 0 bridgehead atoms. The zero-order valence-electron chi connectivity index (χ0n) is 11.9. The molecule has 1 saturated heterocycles. The van der Waals surface area contributed by atoms with Gasteiger partial charge in [-0.25, -0.2) is 0 Å². The lowest BCUT2D eigenvalue weighted by Gasteiger charge is -2.32. The Labute approximate surface area is 120 Å². The fraction of sp³-hybridized carbons (Fsp3) is 0.529. The number of fused-ring (bicyclic) bond motifs is 1. The van der Waals surface area contributed by atoms with E-state index in [1.165, 1.54) is 55.2 Å². The van der Waals surface area contributed by atoms with Crippen LogP contribution in [-0.2, 0) is 6.54 Å². The molecule has 3 nitrogen and oxygen atoms in total. The highest BCUT2D eigenvalue weighted by Gasteiger charge is 2.31. The van der Waals surface area contributed by atoms with E-state index in [9.17, 15) is 0 Å². The number of nitrogens with one attached hydrogen (secondary N) is 2. The van der Waals surface area contributed by atoms with Crippen LogP contribution >= 0.6 is 0 Å². The molecular weight excluding hydrogens is 246 g/mol. The number of nitrogens with zero attached hydrogens (tertiary/aromatic N) is 1. The van der Waals surface area contributed by atoms with Crippen LogP contribution in [0.1, 0.15) is 31.2 Å². The number of aromatic amines is 1. The Kier molecular flexibility index (Phi) is 3.25. The normalized spacial score (nSPS) is 21.6. The van der Waals surface area contributed by atoms with E-state index in [4.69, 9.17) is 0 Å². The molecule has 0 spiro atoms. The predicted octanol–water partition coefficient (Wildman–Crippen LogP) is 2.88. The van der Waals surface area contributed by atoms with Crippen molar-refractivity contribution in [1.82, 2.24) is 15.2 Å². The van der Waals surface area contributed by atoms with Gasteiger partial charge in [0, 0.05) is 30.3 Å². The standard InChI is InChI=1S/C17H23N3/c1-2-14-5-8-18-17(14)11-13(1)12-19-15-6-9-20(10-7-15)16-3-4-16/h1-2,5,8,11,15-16,18-19H,3-4,6-7,9-10,12H2. The minimum absolute atomic E-state index is 0.698. The van der Waals surface area contributed by atoms with E-state index < -0.39 is 0 Å². The zero-order valence-corrected chi connectivity index (χ0v) is 11.9. The molecule has 20 heavy (non-hydrogen) atoms. The molecule has 0 amide bonds. The van der Waals surface area contributed by atoms with Crippen LogP contribution in [0.2, 0.25) is 0 Å². The fourth-order valence-corrected chi connectivity index (χ4v) is 3.38. The smallest absolute Gasteiger partial charge is 0.0457 e. The van der Waals surface area contributed by atoms with Gasteiger partial charge in [-0.05, 0) is 61.9 Å². The Balaban J connectivity index is 1.31. The molecule has 1 aliphatic carbocycles. The van der Waals surface area contributed by atoms with Crippen LogP contribution in [0.5, 0.6) is 0 Å². The second kappa shape index (κ2) is 5.23. The second-order valence-electron chi connectivity index (χ2n) is 6.32. The molecular formula is C17H23N3. The van der Waals surface area contributed by atoms with Crippen molar-refractivity contribution in [2.24, 2.45) is 0 Å². The first-order valence-corrected chi connectivity index (χ1v) is 7.92. The van der Waals surface area contributed by atoms with E-state index >= 15 is 0 Å². The molecule has 106 valence electrons. The van der Waals surface area contributed by atoms with Gasteiger partial charge in [0.05, 0.1) is 0 Å². The van der Waals surface area contributed by atoms with Crippen LogP contribution in [0.4, 0.5) is 0 Å². The van der Waals surface area contributed by atoms with Crippen molar-refractivity contribution < 1.29 is 0 Å². The highest BCUT2D eigenvalue weighted by atomic mass is 15.2. The molecule has 2 fully saturated rings. The Bertz CT molecular complexity index is 577. The van der Waals surface area contributed by atoms with E-state index in [1.807, 2.05) is 6.20 Å². The summed E-state index contributed by atoms with van der Waals surface area (Å²) in [5.74, 6) is 0. The number of hydrogen-bond acceptors (Lipinski definition) is 2. The van der Waals surface area contributed by atoms with E-state index in [1.54, 1.807) is 0 Å². The maximum absolute atomic E-state index is 3.73. The van der Waals surface area contributed by atoms with Gasteiger partial charge in [0.25, 0.3) is 0 Å². The first-order chi connectivity index (χ1) is 9.88. The number of H-pyrrole nitrogens is 1. The largest absolute Gasteiger partial charge is 0.361 e.